The summed E-state index contributed by atoms with van der Waals surface area (Å²) < 4.78 is 23.7. The van der Waals surface area contributed by atoms with Crippen LogP contribution in [0.2, 0.25) is 0 Å². The van der Waals surface area contributed by atoms with Crippen LogP contribution in [0, 0.1) is 0 Å². The summed E-state index contributed by atoms with van der Waals surface area (Å²) in [6.45, 7) is 0. The second-order valence-electron chi connectivity index (χ2n) is 37.9. The van der Waals surface area contributed by atoms with Gasteiger partial charge in [-0.2, -0.15) is 0 Å². The van der Waals surface area contributed by atoms with E-state index in [9.17, 15) is 0 Å². The van der Waals surface area contributed by atoms with E-state index < -0.39 is 0 Å². The molecular weight excluding hydrogens is 1670 g/mol. The van der Waals surface area contributed by atoms with E-state index in [0.29, 0.717) is 0 Å². The second kappa shape index (κ2) is 27.7. The normalized spacial score (nSPS) is 12.5. The molecule has 6 nitrogen and oxygen atoms in total. The summed E-state index contributed by atoms with van der Waals surface area (Å²) in [7, 11) is 0. The number of nitrogens with zero attached hydrogens (tertiary/aromatic N) is 4. The maximum Gasteiger partial charge on any atom is 0.136 e. The molecule has 22 aromatic carbocycles. The molecule has 0 aliphatic rings. The summed E-state index contributed by atoms with van der Waals surface area (Å²) in [5.41, 5.74) is 44.0. The zero-order valence-electron chi connectivity index (χ0n) is 74.3. The van der Waals surface area contributed by atoms with E-state index in [1.807, 2.05) is 6.07 Å². The van der Waals surface area contributed by atoms with Crippen LogP contribution in [0.25, 0.3) is 319 Å². The van der Waals surface area contributed by atoms with Gasteiger partial charge in [-0.1, -0.05) is 340 Å². The monoisotopic (exact) mass is 1750 g/mol. The zero-order valence-corrected chi connectivity index (χ0v) is 74.3. The number of aromatic nitrogens is 4. The van der Waals surface area contributed by atoms with Crippen LogP contribution in [0.5, 0.6) is 0 Å². The first-order valence-electron chi connectivity index (χ1n) is 47.7. The van der Waals surface area contributed by atoms with Crippen molar-refractivity contribution < 1.29 is 8.83 Å². The maximum atomic E-state index is 6.89. The number of hydrogen-bond donors (Lipinski definition) is 0. The summed E-state index contributed by atoms with van der Waals surface area (Å²) in [6, 6.07) is 168. The number of fused-ring (bicyclic) bond motifs is 30. The highest BCUT2D eigenvalue weighted by Gasteiger charge is 2.35. The highest BCUT2D eigenvalue weighted by Crippen LogP contribution is 2.59. The van der Waals surface area contributed by atoms with Crippen molar-refractivity contribution in [2.45, 2.75) is 0 Å². The third-order valence-corrected chi connectivity index (χ3v) is 30.8. The fourth-order valence-electron chi connectivity index (χ4n) is 24.9. The van der Waals surface area contributed by atoms with E-state index in [4.69, 9.17) is 8.83 Å². The lowest BCUT2D eigenvalue weighted by Gasteiger charge is -2.16. The van der Waals surface area contributed by atoms with Gasteiger partial charge in [-0.15, -0.1) is 0 Å². The molecule has 0 fully saturated rings. The first kappa shape index (κ1) is 74.2. The molecule has 0 spiro atoms. The molecule has 32 rings (SSSR count). The lowest BCUT2D eigenvalue weighted by molar-refractivity contribution is 0.668. The molecule has 0 aliphatic heterocycles. The van der Waals surface area contributed by atoms with Crippen LogP contribution in [-0.2, 0) is 0 Å². The molecule has 10 aromatic heterocycles. The van der Waals surface area contributed by atoms with E-state index in [-0.39, 0.29) is 0 Å². The Kier molecular flexibility index (Phi) is 14.9. The van der Waals surface area contributed by atoms with E-state index in [1.165, 1.54) is 230 Å². The van der Waals surface area contributed by atoms with Crippen molar-refractivity contribution in [3.63, 3.8) is 0 Å². The van der Waals surface area contributed by atoms with Gasteiger partial charge in [-0.25, -0.2) is 0 Å². The van der Waals surface area contributed by atoms with Crippen molar-refractivity contribution in [1.82, 2.24) is 17.6 Å². The Bertz CT molecular complexity index is 10800. The Balaban J connectivity index is 0.503. The standard InChI is InChI=1S/C132H74N4O2/c1-6-25-75(26-7-1)76-47-51-78(52-48-76)91-70-105-93-37-16-19-44-109(93)133-127(105)107(72-91)123-119(82-31-12-4-13-32-82)132-124(120(131(123)133)83-33-14-5-15-34-83)108-73-92(71-106-94-38-17-20-45-110(94)134(132)128(106)108)79-53-49-77(50-54-79)84-35-22-36-85(65-84)90-55-60-96-104-69-89(59-64-115(104)138-116(96)74-90)87-57-62-112-102(67-87)98-41-24-43-100-122-117(80-27-8-2-9-28-80)129-121(118(81-29-10-3-11-30-81)130(122)136(112)126(98)100)99-42-23-40-97-101-66-86(56-61-111(101)135(129)125(97)99)88-58-63-114-103(68-88)95-39-18-21-46-113(95)137-114/h1-74H. The number of rotatable bonds is 11. The molecule has 0 saturated heterocycles. The third-order valence-electron chi connectivity index (χ3n) is 30.8. The molecular formula is C132H74N4O2. The van der Waals surface area contributed by atoms with Gasteiger partial charge < -0.3 is 26.4 Å². The molecule has 634 valence electrons. The van der Waals surface area contributed by atoms with E-state index >= 15 is 0 Å². The fraction of sp³-hybridized carbons (Fsp3) is 0. The van der Waals surface area contributed by atoms with E-state index in [0.717, 1.165) is 88.4 Å². The van der Waals surface area contributed by atoms with Gasteiger partial charge in [0.05, 0.1) is 66.2 Å². The second-order valence-corrected chi connectivity index (χ2v) is 37.9. The van der Waals surface area contributed by atoms with Crippen molar-refractivity contribution in [2.75, 3.05) is 0 Å². The van der Waals surface area contributed by atoms with E-state index in [2.05, 4.69) is 460 Å². The topological polar surface area (TPSA) is 43.9 Å². The Hall–Kier alpha value is -18.4. The Morgan fingerprint density at radius 2 is 0.370 bits per heavy atom. The molecule has 138 heavy (non-hydrogen) atoms. The molecule has 0 radical (unpaired) electrons. The molecule has 10 heterocycles. The first-order chi connectivity index (χ1) is 68.5. The van der Waals surface area contributed by atoms with Crippen molar-refractivity contribution in [3.05, 3.63) is 449 Å². The average molecular weight is 1750 g/mol. The molecule has 0 amide bonds. The molecule has 6 heteroatoms. The highest BCUT2D eigenvalue weighted by molar-refractivity contribution is 6.41. The van der Waals surface area contributed by atoms with Crippen LogP contribution >= 0.6 is 0 Å². The highest BCUT2D eigenvalue weighted by atomic mass is 16.3. The van der Waals surface area contributed by atoms with Gasteiger partial charge >= 0.3 is 0 Å². The molecule has 0 unspecified atom stereocenters. The SMILES string of the molecule is c1ccc(-c2ccc(-c3cc4c5ccccc5n5c6c(-c7ccccc7)c7c8cc(-c9ccc(-c%10cccc(-c%11ccc%12c(c%11)oc%11ccc(-c%13ccc%14c(c%13)c%13cccc%15c%16c(-c%17ccccc%17)c%17c(c(-c%18ccccc%18)c%16n%14c%13%15)c%13cccc%14c%15cc(-c%16ccc%18oc%19ccccc%19c%18c%16)ccc%15n%17c%14%13)cc%11%12)c%10)cc9)cc9c%10ccccc%10n(c7c(-c7ccccc7)c6c(c3)c45)c98)cc2)cc1. The van der Waals surface area contributed by atoms with Gasteiger partial charge in [0.15, 0.2) is 0 Å². The molecule has 32 aromatic rings. The van der Waals surface area contributed by atoms with Gasteiger partial charge in [0, 0.05) is 130 Å². The minimum absolute atomic E-state index is 0.857. The lowest BCUT2D eigenvalue weighted by Crippen LogP contribution is -1.93. The number of para-hydroxylation sites is 5. The molecule has 0 saturated carbocycles. The smallest absolute Gasteiger partial charge is 0.136 e. The lowest BCUT2D eigenvalue weighted by atomic mass is 9.88. The van der Waals surface area contributed by atoms with Crippen LogP contribution < -0.4 is 0 Å². The minimum atomic E-state index is 0.857. The molecule has 0 aliphatic carbocycles. The first-order valence-corrected chi connectivity index (χ1v) is 47.7. The van der Waals surface area contributed by atoms with Crippen LogP contribution in [0.15, 0.2) is 458 Å². The average Bonchev–Trinajstić information content (AvgIpc) is 1.50. The summed E-state index contributed by atoms with van der Waals surface area (Å²) in [4.78, 5) is 0. The quantitative estimate of drug-likeness (QED) is 0.130. The number of furan rings is 2. The van der Waals surface area contributed by atoms with Gasteiger partial charge in [0.2, 0.25) is 0 Å². The number of hydrogen-bond acceptors (Lipinski definition) is 2. The fourth-order valence-corrected chi connectivity index (χ4v) is 24.9. The predicted octanol–water partition coefficient (Wildman–Crippen LogP) is 36.4. The van der Waals surface area contributed by atoms with Gasteiger partial charge in [0.1, 0.15) is 22.3 Å². The van der Waals surface area contributed by atoms with Crippen molar-refractivity contribution in [3.8, 4) is 122 Å². The summed E-state index contributed by atoms with van der Waals surface area (Å²) in [5.74, 6) is 0. The van der Waals surface area contributed by atoms with Crippen LogP contribution in [0.3, 0.4) is 0 Å². The van der Waals surface area contributed by atoms with Gasteiger partial charge in [-0.3, -0.25) is 0 Å². The zero-order chi connectivity index (χ0) is 89.5. The van der Waals surface area contributed by atoms with Crippen LogP contribution in [0.1, 0.15) is 0 Å². The van der Waals surface area contributed by atoms with Crippen LogP contribution in [-0.4, -0.2) is 17.6 Å². The largest absolute Gasteiger partial charge is 0.456 e. The summed E-state index contributed by atoms with van der Waals surface area (Å²) in [5, 5.41) is 24.3. The Morgan fingerprint density at radius 3 is 0.819 bits per heavy atom. The molecule has 0 atom stereocenters. The Morgan fingerprint density at radius 1 is 0.116 bits per heavy atom. The van der Waals surface area contributed by atoms with Crippen molar-refractivity contribution in [1.29, 1.82) is 0 Å². The maximum absolute atomic E-state index is 6.89. The van der Waals surface area contributed by atoms with Crippen LogP contribution in [0.4, 0.5) is 0 Å². The van der Waals surface area contributed by atoms with Gasteiger partial charge in [0.25, 0.3) is 0 Å². The van der Waals surface area contributed by atoms with E-state index in [1.54, 1.807) is 0 Å². The molecule has 0 bridgehead atoms. The van der Waals surface area contributed by atoms with Gasteiger partial charge in [-0.05, 0) is 209 Å². The third kappa shape index (κ3) is 10.1. The summed E-state index contributed by atoms with van der Waals surface area (Å²) >= 11 is 0. The van der Waals surface area contributed by atoms with Crippen molar-refractivity contribution in [2.24, 2.45) is 0 Å². The molecule has 0 N–H and O–H groups in total. The minimum Gasteiger partial charge on any atom is -0.456 e. The summed E-state index contributed by atoms with van der Waals surface area (Å²) in [6.07, 6.45) is 0. The predicted molar refractivity (Wildman–Crippen MR) is 579 cm³/mol. The number of benzene rings is 22. The van der Waals surface area contributed by atoms with Crippen molar-refractivity contribution >= 4 is 196 Å². The Labute approximate surface area is 788 Å².